The average Bonchev–Trinajstić information content (AvgIpc) is 3.03. The topological polar surface area (TPSA) is 93.4 Å². The first kappa shape index (κ1) is 24.0. The predicted octanol–water partition coefficient (Wildman–Crippen LogP) is 1.35. The van der Waals surface area contributed by atoms with Crippen molar-refractivity contribution in [2.75, 3.05) is 20.3 Å². The number of amides is 1. The molecular weight excluding hydrogens is 428 g/mol. The normalized spacial score (nSPS) is 12.4. The summed E-state index contributed by atoms with van der Waals surface area (Å²) in [4.78, 5) is 25.3. The van der Waals surface area contributed by atoms with Crippen LogP contribution in [0.1, 0.15) is 12.0 Å². The first-order chi connectivity index (χ1) is 14.9. The van der Waals surface area contributed by atoms with E-state index in [9.17, 15) is 23.6 Å². The Bertz CT molecular complexity index is 1130. The van der Waals surface area contributed by atoms with Crippen molar-refractivity contribution in [1.29, 1.82) is 5.26 Å². The van der Waals surface area contributed by atoms with E-state index in [0.717, 1.165) is 11.3 Å². The van der Waals surface area contributed by atoms with Crippen molar-refractivity contribution < 1.29 is 23.0 Å². The van der Waals surface area contributed by atoms with Crippen LogP contribution < -0.4 is 24.8 Å². The Balaban J connectivity index is 2.58. The molecular formula is C21H21F2N3O4S. The maximum Gasteiger partial charge on any atom is 0.387 e. The molecule has 10 heteroatoms. The second kappa shape index (κ2) is 11.8. The van der Waals surface area contributed by atoms with Crippen LogP contribution in [0.5, 0.6) is 5.75 Å². The summed E-state index contributed by atoms with van der Waals surface area (Å²) in [6.07, 6.45) is 3.55. The molecule has 0 fully saturated rings. The number of ether oxygens (including phenoxy) is 2. The van der Waals surface area contributed by atoms with Gasteiger partial charge in [0.1, 0.15) is 16.5 Å². The van der Waals surface area contributed by atoms with E-state index in [2.05, 4.69) is 16.6 Å². The lowest BCUT2D eigenvalue weighted by Crippen LogP contribution is -2.35. The van der Waals surface area contributed by atoms with E-state index < -0.39 is 12.5 Å². The minimum Gasteiger partial charge on any atom is -0.435 e. The molecule has 0 saturated heterocycles. The fourth-order valence-electron chi connectivity index (χ4n) is 2.62. The van der Waals surface area contributed by atoms with Gasteiger partial charge in [-0.3, -0.25) is 14.2 Å². The Hall–Kier alpha value is -3.29. The molecule has 0 aliphatic rings. The molecule has 2 rings (SSSR count). The first-order valence-electron chi connectivity index (χ1n) is 9.20. The summed E-state index contributed by atoms with van der Waals surface area (Å²) in [5.41, 5.74) is 0.0279. The van der Waals surface area contributed by atoms with Crippen LogP contribution in [0.25, 0.3) is 11.6 Å². The van der Waals surface area contributed by atoms with Crippen LogP contribution in [0, 0.1) is 11.3 Å². The highest BCUT2D eigenvalue weighted by Crippen LogP contribution is 2.15. The summed E-state index contributed by atoms with van der Waals surface area (Å²) in [5, 5.41) is 12.1. The van der Waals surface area contributed by atoms with Crippen LogP contribution in [0.15, 0.2) is 41.7 Å². The van der Waals surface area contributed by atoms with E-state index in [4.69, 9.17) is 4.74 Å². The van der Waals surface area contributed by atoms with Crippen molar-refractivity contribution in [2.45, 2.75) is 19.6 Å². The van der Waals surface area contributed by atoms with Crippen molar-refractivity contribution >= 4 is 28.9 Å². The molecule has 1 aromatic carbocycles. The van der Waals surface area contributed by atoms with Crippen molar-refractivity contribution in [3.8, 4) is 11.8 Å². The average molecular weight is 449 g/mol. The Labute approximate surface area is 181 Å². The lowest BCUT2D eigenvalue weighted by atomic mass is 10.2. The largest absolute Gasteiger partial charge is 0.435 e. The highest BCUT2D eigenvalue weighted by molar-refractivity contribution is 7.07. The number of nitrogens with zero attached hydrogens (tertiary/aromatic N) is 2. The lowest BCUT2D eigenvalue weighted by molar-refractivity contribution is -0.115. The summed E-state index contributed by atoms with van der Waals surface area (Å²) in [7, 11) is 1.54. The fourth-order valence-corrected chi connectivity index (χ4v) is 3.75. The number of methoxy groups -OCH3 is 1. The SMILES string of the molecule is C=CCNC(=O)/C(C#N)=c1/s/c(=C\c2ccc(OC(F)F)cc2)c(=O)n1CCCOC. The highest BCUT2D eigenvalue weighted by atomic mass is 32.1. The van der Waals surface area contributed by atoms with E-state index >= 15 is 0 Å². The minimum absolute atomic E-state index is 0.00464. The summed E-state index contributed by atoms with van der Waals surface area (Å²) in [5.74, 6) is -0.612. The molecule has 2 aromatic rings. The van der Waals surface area contributed by atoms with Crippen molar-refractivity contribution in [3.63, 3.8) is 0 Å². The fraction of sp³-hybridized carbons (Fsp3) is 0.286. The van der Waals surface area contributed by atoms with Crippen LogP contribution in [0.2, 0.25) is 0 Å². The Kier molecular flexibility index (Phi) is 9.12. The van der Waals surface area contributed by atoms with Crippen molar-refractivity contribution in [1.82, 2.24) is 9.88 Å². The number of halogens is 2. The predicted molar refractivity (Wildman–Crippen MR) is 113 cm³/mol. The molecule has 164 valence electrons. The molecule has 1 amide bonds. The second-order valence-electron chi connectivity index (χ2n) is 6.15. The molecule has 7 nitrogen and oxygen atoms in total. The number of alkyl halides is 2. The molecule has 0 atom stereocenters. The third-order valence-corrected chi connectivity index (χ3v) is 5.13. The third kappa shape index (κ3) is 6.60. The number of thiazole rings is 1. The molecule has 0 spiro atoms. The van der Waals surface area contributed by atoms with Gasteiger partial charge in [0.15, 0.2) is 5.57 Å². The lowest BCUT2D eigenvalue weighted by Gasteiger charge is -2.04. The number of carbonyl (C=O) groups excluding carboxylic acids is 1. The number of carbonyl (C=O) groups is 1. The summed E-state index contributed by atoms with van der Waals surface area (Å²) in [6.45, 7) is 1.42. The molecule has 1 aromatic heterocycles. The van der Waals surface area contributed by atoms with Gasteiger partial charge in [0.25, 0.3) is 11.5 Å². The van der Waals surface area contributed by atoms with Crippen molar-refractivity contribution in [2.24, 2.45) is 0 Å². The van der Waals surface area contributed by atoms with Gasteiger partial charge in [-0.1, -0.05) is 18.2 Å². The van der Waals surface area contributed by atoms with Gasteiger partial charge in [-0.25, -0.2) is 0 Å². The van der Waals surface area contributed by atoms with Gasteiger partial charge in [0, 0.05) is 26.8 Å². The van der Waals surface area contributed by atoms with Crippen molar-refractivity contribution in [3.05, 3.63) is 62.0 Å². The number of aromatic nitrogens is 1. The van der Waals surface area contributed by atoms with Gasteiger partial charge in [-0.05, 0) is 30.2 Å². The minimum atomic E-state index is -2.93. The molecule has 0 saturated carbocycles. The molecule has 1 N–H and O–H groups in total. The monoisotopic (exact) mass is 449 g/mol. The molecule has 0 radical (unpaired) electrons. The van der Waals surface area contributed by atoms with E-state index in [1.54, 1.807) is 6.08 Å². The second-order valence-corrected chi connectivity index (χ2v) is 7.18. The Morgan fingerprint density at radius 2 is 2.10 bits per heavy atom. The zero-order chi connectivity index (χ0) is 22.8. The maximum atomic E-state index is 13.0. The van der Waals surface area contributed by atoms with Crippen LogP contribution in [-0.4, -0.2) is 37.3 Å². The zero-order valence-corrected chi connectivity index (χ0v) is 17.6. The number of benzene rings is 1. The van der Waals surface area contributed by atoms with Gasteiger partial charge < -0.3 is 14.8 Å². The number of hydrogen-bond acceptors (Lipinski definition) is 6. The maximum absolute atomic E-state index is 13.0. The summed E-state index contributed by atoms with van der Waals surface area (Å²) in [6, 6.07) is 7.65. The molecule has 1 heterocycles. The summed E-state index contributed by atoms with van der Waals surface area (Å²) >= 11 is 1.00. The first-order valence-corrected chi connectivity index (χ1v) is 10.0. The van der Waals surface area contributed by atoms with Gasteiger partial charge in [0.2, 0.25) is 0 Å². The standard InChI is InChI=1S/C21H21F2N3O4S/c1-3-9-25-18(27)16(13-24)20-26(10-4-11-29-2)19(28)17(31-20)12-14-5-7-15(8-6-14)30-21(22)23/h3,5-8,12,21H,1,4,9-11H2,2H3,(H,25,27)/b17-12-,20-16+. The van der Waals surface area contributed by atoms with E-state index in [1.807, 2.05) is 6.07 Å². The van der Waals surface area contributed by atoms with Gasteiger partial charge in [-0.2, -0.15) is 14.0 Å². The quantitative estimate of drug-likeness (QED) is 0.437. The van der Waals surface area contributed by atoms with Gasteiger partial charge >= 0.3 is 6.61 Å². The zero-order valence-electron chi connectivity index (χ0n) is 16.8. The number of nitrogens with one attached hydrogen (secondary N) is 1. The molecule has 0 aliphatic carbocycles. The van der Waals surface area contributed by atoms with E-state index in [-0.39, 0.29) is 34.6 Å². The van der Waals surface area contributed by atoms with Crippen LogP contribution in [0.3, 0.4) is 0 Å². The summed E-state index contributed by atoms with van der Waals surface area (Å²) < 4.78 is 35.8. The molecule has 31 heavy (non-hydrogen) atoms. The molecule has 0 unspecified atom stereocenters. The van der Waals surface area contributed by atoms with E-state index in [1.165, 1.54) is 42.0 Å². The van der Waals surface area contributed by atoms with Gasteiger partial charge in [0.05, 0.1) is 4.53 Å². The number of hydrogen-bond donors (Lipinski definition) is 1. The number of rotatable bonds is 10. The molecule has 0 aliphatic heterocycles. The smallest absolute Gasteiger partial charge is 0.387 e. The highest BCUT2D eigenvalue weighted by Gasteiger charge is 2.15. The van der Waals surface area contributed by atoms with Crippen LogP contribution in [0.4, 0.5) is 8.78 Å². The van der Waals surface area contributed by atoms with Crippen LogP contribution >= 0.6 is 11.3 Å². The van der Waals surface area contributed by atoms with Crippen LogP contribution in [-0.2, 0) is 16.1 Å². The number of nitriles is 1. The third-order valence-electron chi connectivity index (χ3n) is 4.00. The van der Waals surface area contributed by atoms with Gasteiger partial charge in [-0.15, -0.1) is 17.9 Å². The Morgan fingerprint density at radius 1 is 1.39 bits per heavy atom. The van der Waals surface area contributed by atoms with E-state index in [0.29, 0.717) is 23.1 Å². The molecule has 0 bridgehead atoms. The Morgan fingerprint density at radius 3 is 2.68 bits per heavy atom.